The standard InChI is InChI=1S/C22H26N4O4S2/c1-4-19-24-21(25-30-19)17-11-20(31-13-17)32(28,29)26-9-5-6-16(12-26)22(27)23-18-8-7-14(2)10-15(18)3/h7-8,10-11,13,16H,4-6,9,12H2,1-3H3,(H,23,27)/t16-/m0/s1. The molecule has 3 heterocycles. The van der Waals surface area contributed by atoms with Crippen molar-refractivity contribution in [1.29, 1.82) is 0 Å². The number of hydrogen-bond acceptors (Lipinski definition) is 7. The largest absolute Gasteiger partial charge is 0.339 e. The van der Waals surface area contributed by atoms with Crippen LogP contribution in [-0.2, 0) is 21.2 Å². The van der Waals surface area contributed by atoms with E-state index in [9.17, 15) is 13.2 Å². The fourth-order valence-corrected chi connectivity index (χ4v) is 6.61. The zero-order chi connectivity index (χ0) is 22.9. The molecule has 4 rings (SSSR count). The van der Waals surface area contributed by atoms with Gasteiger partial charge in [-0.3, -0.25) is 4.79 Å². The quantitative estimate of drug-likeness (QED) is 0.579. The van der Waals surface area contributed by atoms with Crippen LogP contribution in [0.2, 0.25) is 0 Å². The van der Waals surface area contributed by atoms with Crippen molar-refractivity contribution in [1.82, 2.24) is 14.4 Å². The highest BCUT2D eigenvalue weighted by molar-refractivity contribution is 7.91. The average molecular weight is 475 g/mol. The van der Waals surface area contributed by atoms with Crippen LogP contribution in [0, 0.1) is 19.8 Å². The van der Waals surface area contributed by atoms with Crippen molar-refractivity contribution in [2.24, 2.45) is 5.92 Å². The van der Waals surface area contributed by atoms with Crippen molar-refractivity contribution in [2.75, 3.05) is 18.4 Å². The topological polar surface area (TPSA) is 105 Å². The number of carbonyl (C=O) groups excluding carboxylic acids is 1. The summed E-state index contributed by atoms with van der Waals surface area (Å²) in [6.07, 6.45) is 1.90. The zero-order valence-corrected chi connectivity index (χ0v) is 19.9. The number of rotatable bonds is 6. The number of thiophene rings is 1. The molecule has 0 spiro atoms. The van der Waals surface area contributed by atoms with Gasteiger partial charge in [-0.15, -0.1) is 11.3 Å². The highest BCUT2D eigenvalue weighted by atomic mass is 32.2. The summed E-state index contributed by atoms with van der Waals surface area (Å²) >= 11 is 1.13. The Kier molecular flexibility index (Phi) is 6.45. The Morgan fingerprint density at radius 3 is 2.84 bits per heavy atom. The molecule has 32 heavy (non-hydrogen) atoms. The summed E-state index contributed by atoms with van der Waals surface area (Å²) in [5.41, 5.74) is 3.48. The molecular weight excluding hydrogens is 448 g/mol. The van der Waals surface area contributed by atoms with Crippen molar-refractivity contribution < 1.29 is 17.7 Å². The minimum absolute atomic E-state index is 0.150. The molecule has 2 aromatic heterocycles. The van der Waals surface area contributed by atoms with Gasteiger partial charge in [0.25, 0.3) is 10.0 Å². The van der Waals surface area contributed by atoms with Crippen LogP contribution in [0.5, 0.6) is 0 Å². The summed E-state index contributed by atoms with van der Waals surface area (Å²) in [6, 6.07) is 7.41. The molecular formula is C22H26N4O4S2. The van der Waals surface area contributed by atoms with E-state index in [0.717, 1.165) is 28.2 Å². The van der Waals surface area contributed by atoms with E-state index in [-0.39, 0.29) is 16.7 Å². The van der Waals surface area contributed by atoms with Gasteiger partial charge in [0.15, 0.2) is 0 Å². The maximum absolute atomic E-state index is 13.3. The monoisotopic (exact) mass is 474 g/mol. The lowest BCUT2D eigenvalue weighted by Crippen LogP contribution is -2.43. The second-order valence-corrected chi connectivity index (χ2v) is 11.1. The first-order valence-corrected chi connectivity index (χ1v) is 12.9. The van der Waals surface area contributed by atoms with Gasteiger partial charge < -0.3 is 9.84 Å². The van der Waals surface area contributed by atoms with E-state index < -0.39 is 15.9 Å². The number of benzene rings is 1. The summed E-state index contributed by atoms with van der Waals surface area (Å²) in [5, 5.41) is 8.59. The minimum Gasteiger partial charge on any atom is -0.339 e. The first kappa shape index (κ1) is 22.6. The second-order valence-electron chi connectivity index (χ2n) is 8.03. The Morgan fingerprint density at radius 2 is 2.12 bits per heavy atom. The Bertz CT molecular complexity index is 1230. The number of nitrogens with one attached hydrogen (secondary N) is 1. The van der Waals surface area contributed by atoms with Gasteiger partial charge in [0.05, 0.1) is 5.92 Å². The predicted molar refractivity (Wildman–Crippen MR) is 123 cm³/mol. The molecule has 1 saturated heterocycles. The third-order valence-electron chi connectivity index (χ3n) is 5.59. The first-order chi connectivity index (χ1) is 15.3. The summed E-state index contributed by atoms with van der Waals surface area (Å²) in [7, 11) is -3.72. The fraction of sp³-hybridized carbons (Fsp3) is 0.409. The maximum Gasteiger partial charge on any atom is 0.252 e. The lowest BCUT2D eigenvalue weighted by Gasteiger charge is -2.31. The van der Waals surface area contributed by atoms with Crippen molar-refractivity contribution in [3.05, 3.63) is 46.7 Å². The van der Waals surface area contributed by atoms with Gasteiger partial charge >= 0.3 is 0 Å². The zero-order valence-electron chi connectivity index (χ0n) is 18.3. The third kappa shape index (κ3) is 4.62. The fourth-order valence-electron chi connectivity index (χ4n) is 3.78. The molecule has 0 saturated carbocycles. The lowest BCUT2D eigenvalue weighted by molar-refractivity contribution is -0.120. The molecule has 0 radical (unpaired) electrons. The molecule has 1 aromatic carbocycles. The molecule has 0 bridgehead atoms. The molecule has 1 N–H and O–H groups in total. The van der Waals surface area contributed by atoms with E-state index in [1.54, 1.807) is 11.4 Å². The average Bonchev–Trinajstić information content (AvgIpc) is 3.45. The van der Waals surface area contributed by atoms with Gasteiger partial charge in [-0.1, -0.05) is 29.8 Å². The molecule has 10 heteroatoms. The van der Waals surface area contributed by atoms with Crippen LogP contribution in [0.25, 0.3) is 11.4 Å². The summed E-state index contributed by atoms with van der Waals surface area (Å²) in [5.74, 6) is 0.332. The minimum atomic E-state index is -3.72. The molecule has 0 aliphatic carbocycles. The van der Waals surface area contributed by atoms with E-state index in [4.69, 9.17) is 4.52 Å². The van der Waals surface area contributed by atoms with Crippen molar-refractivity contribution in [3.8, 4) is 11.4 Å². The molecule has 1 aliphatic heterocycles. The van der Waals surface area contributed by atoms with E-state index in [1.165, 1.54) is 4.31 Å². The van der Waals surface area contributed by atoms with Crippen LogP contribution in [0.1, 0.15) is 36.8 Å². The van der Waals surface area contributed by atoms with Crippen LogP contribution in [0.4, 0.5) is 5.69 Å². The van der Waals surface area contributed by atoms with Crippen LogP contribution in [0.3, 0.4) is 0 Å². The Morgan fingerprint density at radius 1 is 1.31 bits per heavy atom. The van der Waals surface area contributed by atoms with Crippen LogP contribution >= 0.6 is 11.3 Å². The Labute approximate surface area is 191 Å². The Balaban J connectivity index is 1.48. The van der Waals surface area contributed by atoms with Crippen molar-refractivity contribution in [2.45, 2.75) is 44.2 Å². The number of hydrogen-bond donors (Lipinski definition) is 1. The SMILES string of the molecule is CCc1nc(-c2csc(S(=O)(=O)N3CCC[C@H](C(=O)Nc4ccc(C)cc4C)C3)c2)no1. The molecule has 3 aromatic rings. The first-order valence-electron chi connectivity index (χ1n) is 10.6. The van der Waals surface area contributed by atoms with Gasteiger partial charge in [0.2, 0.25) is 17.6 Å². The number of carbonyl (C=O) groups is 1. The number of anilines is 1. The number of nitrogens with zero attached hydrogens (tertiary/aromatic N) is 3. The number of sulfonamides is 1. The smallest absolute Gasteiger partial charge is 0.252 e. The van der Waals surface area contributed by atoms with Gasteiger partial charge in [-0.25, -0.2) is 8.42 Å². The summed E-state index contributed by atoms with van der Waals surface area (Å²) < 4.78 is 33.2. The maximum atomic E-state index is 13.3. The van der Waals surface area contributed by atoms with E-state index in [1.807, 2.05) is 39.0 Å². The van der Waals surface area contributed by atoms with E-state index in [0.29, 0.717) is 43.1 Å². The third-order valence-corrected chi connectivity index (χ3v) is 8.87. The van der Waals surface area contributed by atoms with Gasteiger partial charge in [-0.2, -0.15) is 9.29 Å². The van der Waals surface area contributed by atoms with Gasteiger partial charge in [-0.05, 0) is 44.4 Å². The van der Waals surface area contributed by atoms with E-state index in [2.05, 4.69) is 15.5 Å². The molecule has 170 valence electrons. The molecule has 1 atom stereocenters. The molecule has 1 fully saturated rings. The normalized spacial score (nSPS) is 17.4. The van der Waals surface area contributed by atoms with E-state index >= 15 is 0 Å². The predicted octanol–water partition coefficient (Wildman–Crippen LogP) is 4.02. The highest BCUT2D eigenvalue weighted by Gasteiger charge is 2.34. The number of aromatic nitrogens is 2. The molecule has 8 nitrogen and oxygen atoms in total. The second kappa shape index (κ2) is 9.13. The van der Waals surface area contributed by atoms with Gasteiger partial charge in [0.1, 0.15) is 4.21 Å². The van der Waals surface area contributed by atoms with Crippen LogP contribution in [0.15, 0.2) is 38.4 Å². The van der Waals surface area contributed by atoms with Crippen molar-refractivity contribution in [3.63, 3.8) is 0 Å². The van der Waals surface area contributed by atoms with Crippen LogP contribution < -0.4 is 5.32 Å². The number of amides is 1. The van der Waals surface area contributed by atoms with Crippen molar-refractivity contribution >= 4 is 33.0 Å². The number of aryl methyl sites for hydroxylation is 3. The Hall–Kier alpha value is -2.56. The molecule has 1 amide bonds. The summed E-state index contributed by atoms with van der Waals surface area (Å²) in [6.45, 7) is 6.41. The number of piperidine rings is 1. The lowest BCUT2D eigenvalue weighted by atomic mass is 9.98. The highest BCUT2D eigenvalue weighted by Crippen LogP contribution is 2.31. The molecule has 0 unspecified atom stereocenters. The summed E-state index contributed by atoms with van der Waals surface area (Å²) in [4.78, 5) is 17.1. The van der Waals surface area contributed by atoms with Gasteiger partial charge in [0, 0.05) is 36.1 Å². The van der Waals surface area contributed by atoms with Crippen LogP contribution in [-0.4, -0.2) is 41.9 Å². The molecule has 1 aliphatic rings.